The van der Waals surface area contributed by atoms with E-state index in [4.69, 9.17) is 0 Å². The van der Waals surface area contributed by atoms with Gasteiger partial charge in [-0.3, -0.25) is 9.52 Å². The van der Waals surface area contributed by atoms with Crippen molar-refractivity contribution in [3.05, 3.63) is 51.5 Å². The molecule has 0 amide bonds. The molecule has 0 atom stereocenters. The van der Waals surface area contributed by atoms with Crippen molar-refractivity contribution in [3.63, 3.8) is 0 Å². The van der Waals surface area contributed by atoms with E-state index < -0.39 is 15.6 Å². The summed E-state index contributed by atoms with van der Waals surface area (Å²) in [5.74, 6) is 0.150. The number of aromatic amines is 1. The zero-order valence-electron chi connectivity index (χ0n) is 8.92. The Balaban J connectivity index is 2.43. The molecule has 0 fully saturated rings. The van der Waals surface area contributed by atoms with E-state index in [2.05, 4.69) is 30.6 Å². The summed E-state index contributed by atoms with van der Waals surface area (Å²) in [5, 5.41) is 0. The molecule has 2 heterocycles. The zero-order chi connectivity index (χ0) is 13.2. The summed E-state index contributed by atoms with van der Waals surface area (Å²) in [6, 6.07) is 6.01. The van der Waals surface area contributed by atoms with Crippen LogP contribution in [0.3, 0.4) is 0 Å². The molecule has 0 saturated carbocycles. The number of hydrogen-bond acceptors (Lipinski definition) is 4. The van der Waals surface area contributed by atoms with Crippen LogP contribution >= 0.6 is 15.9 Å². The first-order valence-electron chi connectivity index (χ1n) is 4.81. The predicted molar refractivity (Wildman–Crippen MR) is 69.8 cm³/mol. The lowest BCUT2D eigenvalue weighted by molar-refractivity contribution is 0.599. The highest BCUT2D eigenvalue weighted by Gasteiger charge is 2.19. The van der Waals surface area contributed by atoms with Crippen LogP contribution in [0.15, 0.2) is 50.8 Å². The van der Waals surface area contributed by atoms with Gasteiger partial charge in [0.1, 0.15) is 5.82 Å². The second-order valence-electron chi connectivity index (χ2n) is 3.33. The first-order chi connectivity index (χ1) is 8.49. The first-order valence-corrected chi connectivity index (χ1v) is 7.09. The summed E-state index contributed by atoms with van der Waals surface area (Å²) in [5.41, 5.74) is -0.693. The third kappa shape index (κ3) is 2.77. The number of aromatic nitrogens is 2. The van der Waals surface area contributed by atoms with Gasteiger partial charge in [0.05, 0.1) is 0 Å². The smallest absolute Gasteiger partial charge is 0.268 e. The Morgan fingerprint density at radius 3 is 2.78 bits per heavy atom. The Labute approximate surface area is 111 Å². The van der Waals surface area contributed by atoms with Crippen LogP contribution in [0.25, 0.3) is 0 Å². The molecule has 18 heavy (non-hydrogen) atoms. The van der Waals surface area contributed by atoms with E-state index in [0.717, 1.165) is 0 Å². The molecule has 2 aromatic rings. The van der Waals surface area contributed by atoms with Gasteiger partial charge in [-0.1, -0.05) is 6.07 Å². The third-order valence-corrected chi connectivity index (χ3v) is 3.85. The summed E-state index contributed by atoms with van der Waals surface area (Å²) in [6.07, 6.45) is 2.81. The monoisotopic (exact) mass is 329 g/mol. The van der Waals surface area contributed by atoms with Crippen LogP contribution < -0.4 is 10.3 Å². The quantitative estimate of drug-likeness (QED) is 0.888. The fourth-order valence-corrected chi connectivity index (χ4v) is 2.84. The zero-order valence-corrected chi connectivity index (χ0v) is 11.3. The number of H-pyrrole nitrogens is 1. The molecule has 2 N–H and O–H groups in total. The Morgan fingerprint density at radius 1 is 1.33 bits per heavy atom. The molecule has 0 spiro atoms. The summed E-state index contributed by atoms with van der Waals surface area (Å²) in [4.78, 5) is 17.3. The van der Waals surface area contributed by atoms with Gasteiger partial charge in [0.15, 0.2) is 4.90 Å². The van der Waals surface area contributed by atoms with E-state index >= 15 is 0 Å². The van der Waals surface area contributed by atoms with Crippen molar-refractivity contribution in [2.75, 3.05) is 4.72 Å². The van der Waals surface area contributed by atoms with Gasteiger partial charge in [0, 0.05) is 16.9 Å². The number of pyridine rings is 2. The lowest BCUT2D eigenvalue weighted by Crippen LogP contribution is -2.23. The van der Waals surface area contributed by atoms with Crippen LogP contribution in [-0.2, 0) is 10.0 Å². The maximum Gasteiger partial charge on any atom is 0.268 e. The summed E-state index contributed by atoms with van der Waals surface area (Å²) in [7, 11) is -3.95. The second-order valence-corrected chi connectivity index (χ2v) is 5.90. The third-order valence-electron chi connectivity index (χ3n) is 2.03. The predicted octanol–water partition coefficient (Wildman–Crippen LogP) is 1.33. The minimum Gasteiger partial charge on any atom is -0.327 e. The lowest BCUT2D eigenvalue weighted by Gasteiger charge is -2.06. The molecule has 0 aliphatic carbocycles. The van der Waals surface area contributed by atoms with E-state index in [-0.39, 0.29) is 10.7 Å². The van der Waals surface area contributed by atoms with E-state index in [0.29, 0.717) is 4.47 Å². The van der Waals surface area contributed by atoms with Gasteiger partial charge in [-0.15, -0.1) is 0 Å². The van der Waals surface area contributed by atoms with Crippen molar-refractivity contribution in [2.45, 2.75) is 4.90 Å². The molecule has 0 bridgehead atoms. The molecule has 0 aliphatic heterocycles. The number of sulfonamides is 1. The molecular weight excluding hydrogens is 322 g/mol. The summed E-state index contributed by atoms with van der Waals surface area (Å²) < 4.78 is 26.6. The van der Waals surface area contributed by atoms with Crippen LogP contribution in [0.2, 0.25) is 0 Å². The van der Waals surface area contributed by atoms with Crippen LogP contribution in [0, 0.1) is 0 Å². The summed E-state index contributed by atoms with van der Waals surface area (Å²) >= 11 is 3.10. The molecule has 0 unspecified atom stereocenters. The number of halogens is 1. The van der Waals surface area contributed by atoms with Gasteiger partial charge in [-0.2, -0.15) is 0 Å². The molecular formula is C10H8BrN3O3S. The number of nitrogens with zero attached hydrogens (tertiary/aromatic N) is 1. The van der Waals surface area contributed by atoms with Gasteiger partial charge in [-0.25, -0.2) is 13.4 Å². The highest BCUT2D eigenvalue weighted by atomic mass is 79.9. The van der Waals surface area contributed by atoms with E-state index in [1.54, 1.807) is 12.1 Å². The molecule has 0 radical (unpaired) electrons. The van der Waals surface area contributed by atoms with Gasteiger partial charge in [0.25, 0.3) is 15.6 Å². The van der Waals surface area contributed by atoms with Gasteiger partial charge in [-0.05, 0) is 34.1 Å². The van der Waals surface area contributed by atoms with Gasteiger partial charge in [0.2, 0.25) is 0 Å². The normalized spacial score (nSPS) is 11.2. The van der Waals surface area contributed by atoms with Gasteiger partial charge < -0.3 is 4.98 Å². The summed E-state index contributed by atoms with van der Waals surface area (Å²) in [6.45, 7) is 0. The van der Waals surface area contributed by atoms with Crippen LogP contribution in [0.4, 0.5) is 5.82 Å². The number of rotatable bonds is 3. The number of hydrogen-bond donors (Lipinski definition) is 2. The van der Waals surface area contributed by atoms with Crippen LogP contribution in [-0.4, -0.2) is 18.4 Å². The van der Waals surface area contributed by atoms with E-state index in [9.17, 15) is 13.2 Å². The van der Waals surface area contributed by atoms with Crippen LogP contribution in [0.5, 0.6) is 0 Å². The molecule has 2 aromatic heterocycles. The largest absolute Gasteiger partial charge is 0.327 e. The minimum absolute atomic E-state index is 0.150. The average Bonchev–Trinajstić information content (AvgIpc) is 2.33. The molecule has 0 aromatic carbocycles. The standard InChI is InChI=1S/C10H8BrN3O3S/c11-7-5-8(10(15)13-6-7)18(16,17)14-9-3-1-2-4-12-9/h1-6H,(H,12,14)(H,13,15). The lowest BCUT2D eigenvalue weighted by atomic mass is 10.5. The van der Waals surface area contributed by atoms with E-state index in [1.807, 2.05) is 0 Å². The van der Waals surface area contributed by atoms with Crippen molar-refractivity contribution in [3.8, 4) is 0 Å². The Morgan fingerprint density at radius 2 is 2.11 bits per heavy atom. The van der Waals surface area contributed by atoms with Crippen molar-refractivity contribution in [1.29, 1.82) is 0 Å². The molecule has 2 rings (SSSR count). The molecule has 94 valence electrons. The number of nitrogens with one attached hydrogen (secondary N) is 2. The Kier molecular flexibility index (Phi) is 3.48. The van der Waals surface area contributed by atoms with Crippen molar-refractivity contribution < 1.29 is 8.42 Å². The fourth-order valence-electron chi connectivity index (χ4n) is 1.25. The van der Waals surface area contributed by atoms with Crippen molar-refractivity contribution in [1.82, 2.24) is 9.97 Å². The highest BCUT2D eigenvalue weighted by Crippen LogP contribution is 2.14. The molecule has 0 saturated heterocycles. The second kappa shape index (κ2) is 4.91. The van der Waals surface area contributed by atoms with Gasteiger partial charge >= 0.3 is 0 Å². The first kappa shape index (κ1) is 12.8. The topological polar surface area (TPSA) is 91.9 Å². The fraction of sp³-hybridized carbons (Fsp3) is 0. The molecule has 0 aliphatic rings. The van der Waals surface area contributed by atoms with E-state index in [1.165, 1.54) is 24.5 Å². The number of anilines is 1. The molecule has 8 heteroatoms. The van der Waals surface area contributed by atoms with Crippen molar-refractivity contribution in [2.24, 2.45) is 0 Å². The Hall–Kier alpha value is -1.67. The molecule has 6 nitrogen and oxygen atoms in total. The maximum atomic E-state index is 12.0. The SMILES string of the molecule is O=c1[nH]cc(Br)cc1S(=O)(=O)Nc1ccccn1. The van der Waals surface area contributed by atoms with Crippen LogP contribution in [0.1, 0.15) is 0 Å². The average molecular weight is 330 g/mol. The van der Waals surface area contributed by atoms with Crippen molar-refractivity contribution >= 4 is 31.8 Å². The Bertz CT molecular complexity index is 713. The maximum absolute atomic E-state index is 12.0. The highest BCUT2D eigenvalue weighted by molar-refractivity contribution is 9.10. The minimum atomic E-state index is -3.95.